The number of hydrogen-bond acceptors (Lipinski definition) is 6. The number of rotatable bonds is 5. The number of nitriles is 1. The van der Waals surface area contributed by atoms with E-state index in [-0.39, 0.29) is 18.1 Å². The van der Waals surface area contributed by atoms with Crippen molar-refractivity contribution in [2.75, 3.05) is 6.61 Å². The van der Waals surface area contributed by atoms with Crippen LogP contribution in [-0.2, 0) is 4.74 Å². The van der Waals surface area contributed by atoms with Crippen LogP contribution in [0.3, 0.4) is 0 Å². The van der Waals surface area contributed by atoms with E-state index in [0.717, 1.165) is 5.56 Å². The highest BCUT2D eigenvalue weighted by Crippen LogP contribution is 2.29. The van der Waals surface area contributed by atoms with Crippen LogP contribution >= 0.6 is 11.6 Å². The van der Waals surface area contributed by atoms with E-state index in [1.54, 1.807) is 44.2 Å². The molecule has 0 aliphatic rings. The summed E-state index contributed by atoms with van der Waals surface area (Å²) >= 11 is 6.09. The number of halogens is 1. The molecule has 0 saturated heterocycles. The number of aliphatic imine (C=N–C) groups is 1. The first-order valence-electron chi connectivity index (χ1n) is 8.55. The summed E-state index contributed by atoms with van der Waals surface area (Å²) in [5.74, 6) is 1.41. The van der Waals surface area contributed by atoms with E-state index in [1.165, 1.54) is 6.21 Å². The molecule has 0 aliphatic carbocycles. The molecule has 0 atom stereocenters. The van der Waals surface area contributed by atoms with Gasteiger partial charge in [-0.15, -0.1) is 0 Å². The molecule has 2 heterocycles. The van der Waals surface area contributed by atoms with Gasteiger partial charge in [0, 0.05) is 11.1 Å². The molecule has 1 aromatic carbocycles. The predicted molar refractivity (Wildman–Crippen MR) is 105 cm³/mol. The van der Waals surface area contributed by atoms with Crippen LogP contribution in [0.15, 0.2) is 44.2 Å². The van der Waals surface area contributed by atoms with E-state index in [0.29, 0.717) is 33.4 Å². The molecule has 0 spiro atoms. The minimum Gasteiger partial charge on any atom is -0.462 e. The number of aryl methyl sites for hydroxylation is 1. The van der Waals surface area contributed by atoms with Gasteiger partial charge in [0.25, 0.3) is 0 Å². The van der Waals surface area contributed by atoms with E-state index in [9.17, 15) is 10.1 Å². The Morgan fingerprint density at radius 2 is 2.07 bits per heavy atom. The van der Waals surface area contributed by atoms with Crippen LogP contribution < -0.4 is 0 Å². The van der Waals surface area contributed by atoms with Crippen LogP contribution in [0.5, 0.6) is 0 Å². The van der Waals surface area contributed by atoms with Gasteiger partial charge in [0.1, 0.15) is 28.9 Å². The number of esters is 1. The van der Waals surface area contributed by atoms with Gasteiger partial charge in [-0.05, 0) is 51.1 Å². The molecule has 28 heavy (non-hydrogen) atoms. The fraction of sp³-hybridized carbons (Fsp3) is 0.190. The molecule has 0 aliphatic heterocycles. The lowest BCUT2D eigenvalue weighted by Gasteiger charge is -2.05. The lowest BCUT2D eigenvalue weighted by atomic mass is 10.1. The summed E-state index contributed by atoms with van der Waals surface area (Å²) in [5.41, 5.74) is 2.11. The average molecular weight is 397 g/mol. The Hall–Kier alpha value is -3.30. The van der Waals surface area contributed by atoms with Crippen LogP contribution in [0.25, 0.3) is 11.3 Å². The summed E-state index contributed by atoms with van der Waals surface area (Å²) in [6.07, 6.45) is 1.48. The van der Waals surface area contributed by atoms with Crippen LogP contribution in [0.2, 0.25) is 5.02 Å². The van der Waals surface area contributed by atoms with Crippen molar-refractivity contribution >= 4 is 29.7 Å². The standard InChI is InChI=1S/C21H17ClN2O4/c1-4-26-21(25)16-9-14(5-7-18(16)22)19-8-6-15(28-19)11-24-20-17(10-23)12(2)13(3)27-20/h5-9,11H,4H2,1-3H3. The molecule has 2 aromatic heterocycles. The maximum absolute atomic E-state index is 12.0. The van der Waals surface area contributed by atoms with Gasteiger partial charge in [0.05, 0.1) is 23.4 Å². The summed E-state index contributed by atoms with van der Waals surface area (Å²) in [6.45, 7) is 5.58. The maximum atomic E-state index is 12.0. The van der Waals surface area contributed by atoms with Crippen molar-refractivity contribution in [2.24, 2.45) is 4.99 Å². The molecule has 0 saturated carbocycles. The van der Waals surface area contributed by atoms with Crippen molar-refractivity contribution in [2.45, 2.75) is 20.8 Å². The molecule has 0 radical (unpaired) electrons. The van der Waals surface area contributed by atoms with Crippen molar-refractivity contribution in [3.05, 3.63) is 63.6 Å². The second-order valence-electron chi connectivity index (χ2n) is 5.95. The Labute approximate surface area is 167 Å². The maximum Gasteiger partial charge on any atom is 0.339 e. The third kappa shape index (κ3) is 3.85. The quantitative estimate of drug-likeness (QED) is 0.413. The first-order chi connectivity index (χ1) is 13.4. The van der Waals surface area contributed by atoms with Crippen molar-refractivity contribution in [1.29, 1.82) is 5.26 Å². The smallest absolute Gasteiger partial charge is 0.339 e. The van der Waals surface area contributed by atoms with Crippen LogP contribution in [0.4, 0.5) is 5.88 Å². The van der Waals surface area contributed by atoms with Crippen LogP contribution in [0.1, 0.15) is 39.9 Å². The molecule has 0 bridgehead atoms. The van der Waals surface area contributed by atoms with Crippen LogP contribution in [0, 0.1) is 25.2 Å². The normalized spacial score (nSPS) is 11.0. The Balaban J connectivity index is 1.87. The fourth-order valence-electron chi connectivity index (χ4n) is 2.58. The van der Waals surface area contributed by atoms with E-state index >= 15 is 0 Å². The van der Waals surface area contributed by atoms with E-state index in [4.69, 9.17) is 25.2 Å². The lowest BCUT2D eigenvalue weighted by Crippen LogP contribution is -2.05. The highest BCUT2D eigenvalue weighted by molar-refractivity contribution is 6.33. The molecule has 0 N–H and O–H groups in total. The Bertz CT molecular complexity index is 1100. The van der Waals surface area contributed by atoms with Gasteiger partial charge < -0.3 is 13.6 Å². The van der Waals surface area contributed by atoms with Gasteiger partial charge in [-0.2, -0.15) is 5.26 Å². The number of carbonyl (C=O) groups excluding carboxylic acids is 1. The zero-order valence-electron chi connectivity index (χ0n) is 15.6. The number of hydrogen-bond donors (Lipinski definition) is 0. The lowest BCUT2D eigenvalue weighted by molar-refractivity contribution is 0.0526. The second kappa shape index (κ2) is 8.15. The highest BCUT2D eigenvalue weighted by atomic mass is 35.5. The van der Waals surface area contributed by atoms with E-state index in [1.807, 2.05) is 6.92 Å². The molecular formula is C21H17ClN2O4. The topological polar surface area (TPSA) is 88.7 Å². The number of benzene rings is 1. The molecule has 0 fully saturated rings. The van der Waals surface area contributed by atoms with Gasteiger partial charge in [0.2, 0.25) is 5.88 Å². The average Bonchev–Trinajstić information content (AvgIpc) is 3.25. The van der Waals surface area contributed by atoms with Crippen LogP contribution in [-0.4, -0.2) is 18.8 Å². The van der Waals surface area contributed by atoms with Gasteiger partial charge >= 0.3 is 5.97 Å². The Morgan fingerprint density at radius 3 is 2.79 bits per heavy atom. The van der Waals surface area contributed by atoms with Crippen molar-refractivity contribution < 1.29 is 18.4 Å². The summed E-state index contributed by atoms with van der Waals surface area (Å²) in [4.78, 5) is 16.2. The van der Waals surface area contributed by atoms with Gasteiger partial charge in [-0.1, -0.05) is 11.6 Å². The zero-order chi connectivity index (χ0) is 20.3. The molecule has 0 amide bonds. The third-order valence-electron chi connectivity index (χ3n) is 4.16. The van der Waals surface area contributed by atoms with E-state index in [2.05, 4.69) is 11.1 Å². The molecule has 0 unspecified atom stereocenters. The van der Waals surface area contributed by atoms with Crippen molar-refractivity contribution in [3.63, 3.8) is 0 Å². The first kappa shape index (κ1) is 19.5. The predicted octanol–water partition coefficient (Wildman–Crippen LogP) is 5.61. The Kier molecular flexibility index (Phi) is 5.67. The van der Waals surface area contributed by atoms with Crippen molar-refractivity contribution in [1.82, 2.24) is 0 Å². The fourth-order valence-corrected chi connectivity index (χ4v) is 2.77. The summed E-state index contributed by atoms with van der Waals surface area (Å²) in [6, 6.07) is 10.6. The SMILES string of the molecule is CCOC(=O)c1cc(-c2ccc(C=Nc3oc(C)c(C)c3C#N)o2)ccc1Cl. The summed E-state index contributed by atoms with van der Waals surface area (Å²) in [7, 11) is 0. The Morgan fingerprint density at radius 1 is 1.29 bits per heavy atom. The van der Waals surface area contributed by atoms with Crippen molar-refractivity contribution in [3.8, 4) is 17.4 Å². The number of ether oxygens (including phenoxy) is 1. The van der Waals surface area contributed by atoms with Gasteiger partial charge in [-0.3, -0.25) is 0 Å². The molecule has 6 nitrogen and oxygen atoms in total. The zero-order valence-corrected chi connectivity index (χ0v) is 16.3. The van der Waals surface area contributed by atoms with E-state index < -0.39 is 5.97 Å². The number of nitrogens with zero attached hydrogens (tertiary/aromatic N) is 2. The molecule has 3 aromatic rings. The largest absolute Gasteiger partial charge is 0.462 e. The minimum atomic E-state index is -0.490. The number of carbonyl (C=O) groups is 1. The number of furan rings is 2. The molecule has 142 valence electrons. The summed E-state index contributed by atoms with van der Waals surface area (Å²) in [5, 5.41) is 9.55. The van der Waals surface area contributed by atoms with Gasteiger partial charge in [0.15, 0.2) is 0 Å². The first-order valence-corrected chi connectivity index (χ1v) is 8.93. The third-order valence-corrected chi connectivity index (χ3v) is 4.49. The summed E-state index contributed by atoms with van der Waals surface area (Å²) < 4.78 is 16.3. The monoisotopic (exact) mass is 396 g/mol. The van der Waals surface area contributed by atoms with Gasteiger partial charge in [-0.25, -0.2) is 9.79 Å². The minimum absolute atomic E-state index is 0.242. The highest BCUT2D eigenvalue weighted by Gasteiger charge is 2.15. The second-order valence-corrected chi connectivity index (χ2v) is 6.36. The molecule has 7 heteroatoms. The molecule has 3 rings (SSSR count). The molecular weight excluding hydrogens is 380 g/mol.